The highest BCUT2D eigenvalue weighted by molar-refractivity contribution is 5.96. The number of imidazole rings is 1. The number of piperidine rings is 1. The molecule has 1 fully saturated rings. The van der Waals surface area contributed by atoms with Gasteiger partial charge < -0.3 is 15.4 Å². The van der Waals surface area contributed by atoms with Crippen molar-refractivity contribution < 1.29 is 9.90 Å². The van der Waals surface area contributed by atoms with E-state index < -0.39 is 0 Å². The van der Waals surface area contributed by atoms with Gasteiger partial charge in [-0.25, -0.2) is 4.98 Å². The van der Waals surface area contributed by atoms with Crippen molar-refractivity contribution in [3.05, 3.63) is 53.6 Å². The predicted octanol–water partition coefficient (Wildman–Crippen LogP) is 2.39. The number of carbonyl (C=O) groups is 1. The number of aromatic nitrogens is 2. The van der Waals surface area contributed by atoms with E-state index in [9.17, 15) is 4.79 Å². The Labute approximate surface area is 167 Å². The van der Waals surface area contributed by atoms with E-state index in [4.69, 9.17) is 10.8 Å². The summed E-state index contributed by atoms with van der Waals surface area (Å²) in [6, 6.07) is 8.41. The first-order valence-electron chi connectivity index (χ1n) is 10.4. The third kappa shape index (κ3) is 6.26. The number of hydrogen-bond donors (Lipinski definition) is 2. The van der Waals surface area contributed by atoms with Gasteiger partial charge in [-0.1, -0.05) is 24.3 Å². The number of ketones is 1. The van der Waals surface area contributed by atoms with Gasteiger partial charge in [-0.2, -0.15) is 0 Å². The largest absolute Gasteiger partial charge is 0.396 e. The van der Waals surface area contributed by atoms with Crippen LogP contribution in [0.3, 0.4) is 0 Å². The number of aliphatic hydroxyl groups excluding tert-OH is 1. The Hall–Kier alpha value is -2.02. The van der Waals surface area contributed by atoms with Crippen molar-refractivity contribution in [1.29, 1.82) is 0 Å². The third-order valence-corrected chi connectivity index (χ3v) is 5.41. The molecule has 3 N–H and O–H groups in total. The number of Topliss-reactive ketones (excluding diaryl/α,β-unsaturated/α-hetero) is 1. The molecule has 0 amide bonds. The standard InChI is InChI=1S/C22H32N4O2/c23-20-9-12-25(13-10-20)15-18-5-7-19(8-6-18)22(28)4-1-3-21-16-26(17-24-21)11-2-14-27/h5-8,16-17,20,27H,1-4,9-15,23H2. The third-order valence-electron chi connectivity index (χ3n) is 5.41. The molecule has 2 aromatic rings. The number of benzene rings is 1. The maximum absolute atomic E-state index is 12.4. The highest BCUT2D eigenvalue weighted by atomic mass is 16.3. The molecule has 28 heavy (non-hydrogen) atoms. The zero-order valence-electron chi connectivity index (χ0n) is 16.6. The fourth-order valence-corrected chi connectivity index (χ4v) is 3.65. The molecule has 0 radical (unpaired) electrons. The van der Waals surface area contributed by atoms with E-state index in [0.29, 0.717) is 12.5 Å². The van der Waals surface area contributed by atoms with Gasteiger partial charge in [0, 0.05) is 43.9 Å². The van der Waals surface area contributed by atoms with Crippen molar-refractivity contribution in [2.45, 2.75) is 57.7 Å². The molecular weight excluding hydrogens is 352 g/mol. The summed E-state index contributed by atoms with van der Waals surface area (Å²) < 4.78 is 1.99. The van der Waals surface area contributed by atoms with Gasteiger partial charge in [-0.3, -0.25) is 9.69 Å². The van der Waals surface area contributed by atoms with Gasteiger partial charge in [0.1, 0.15) is 0 Å². The van der Waals surface area contributed by atoms with Gasteiger partial charge in [0.25, 0.3) is 0 Å². The maximum atomic E-state index is 12.4. The second-order valence-corrected chi connectivity index (χ2v) is 7.77. The highest BCUT2D eigenvalue weighted by Crippen LogP contribution is 2.15. The van der Waals surface area contributed by atoms with Gasteiger partial charge in [-0.05, 0) is 50.8 Å². The van der Waals surface area contributed by atoms with Crippen molar-refractivity contribution >= 4 is 5.78 Å². The lowest BCUT2D eigenvalue weighted by Gasteiger charge is -2.30. The van der Waals surface area contributed by atoms with Crippen LogP contribution in [0, 0.1) is 0 Å². The summed E-state index contributed by atoms with van der Waals surface area (Å²) in [6.07, 6.45) is 8.79. The SMILES string of the molecule is NC1CCN(Cc2ccc(C(=O)CCCc3cn(CCCO)cn3)cc2)CC1. The molecule has 0 atom stereocenters. The maximum Gasteiger partial charge on any atom is 0.162 e. The molecule has 6 heteroatoms. The molecule has 6 nitrogen and oxygen atoms in total. The topological polar surface area (TPSA) is 84.4 Å². The number of likely N-dealkylation sites (tertiary alicyclic amines) is 1. The first kappa shape index (κ1) is 20.7. The number of rotatable bonds is 10. The van der Waals surface area contributed by atoms with Gasteiger partial charge in [0.15, 0.2) is 5.78 Å². The molecule has 0 aliphatic carbocycles. The monoisotopic (exact) mass is 384 g/mol. The molecule has 0 unspecified atom stereocenters. The van der Waals surface area contributed by atoms with Crippen LogP contribution in [0.25, 0.3) is 0 Å². The number of aryl methyl sites for hydroxylation is 2. The number of nitrogens with zero attached hydrogens (tertiary/aromatic N) is 3. The summed E-state index contributed by atoms with van der Waals surface area (Å²) in [7, 11) is 0. The van der Waals surface area contributed by atoms with Crippen LogP contribution in [0.15, 0.2) is 36.8 Å². The van der Waals surface area contributed by atoms with E-state index in [2.05, 4.69) is 22.0 Å². The molecule has 1 aromatic heterocycles. The summed E-state index contributed by atoms with van der Waals surface area (Å²) in [5.41, 5.74) is 9.00. The van der Waals surface area contributed by atoms with Crippen LogP contribution in [-0.2, 0) is 19.5 Å². The summed E-state index contributed by atoms with van der Waals surface area (Å²) in [5.74, 6) is 0.190. The molecule has 0 saturated carbocycles. The quantitative estimate of drug-likeness (QED) is 0.615. The van der Waals surface area contributed by atoms with Gasteiger partial charge in [0.05, 0.1) is 12.0 Å². The Morgan fingerprint density at radius 1 is 1.18 bits per heavy atom. The Morgan fingerprint density at radius 3 is 2.64 bits per heavy atom. The van der Waals surface area contributed by atoms with Gasteiger partial charge in [0.2, 0.25) is 0 Å². The number of hydrogen-bond acceptors (Lipinski definition) is 5. The number of aliphatic hydroxyl groups is 1. The van der Waals surface area contributed by atoms with Crippen LogP contribution >= 0.6 is 0 Å². The minimum atomic E-state index is 0.188. The second-order valence-electron chi connectivity index (χ2n) is 7.77. The smallest absolute Gasteiger partial charge is 0.162 e. The fourth-order valence-electron chi connectivity index (χ4n) is 3.65. The van der Waals surface area contributed by atoms with E-state index in [-0.39, 0.29) is 12.4 Å². The molecular formula is C22H32N4O2. The zero-order chi connectivity index (χ0) is 19.8. The van der Waals surface area contributed by atoms with Crippen LogP contribution in [0.5, 0.6) is 0 Å². The van der Waals surface area contributed by atoms with E-state index in [1.165, 1.54) is 5.56 Å². The Morgan fingerprint density at radius 2 is 1.93 bits per heavy atom. The van der Waals surface area contributed by atoms with Gasteiger partial charge in [-0.15, -0.1) is 0 Å². The number of carbonyl (C=O) groups excluding carboxylic acids is 1. The molecule has 1 aliphatic heterocycles. The highest BCUT2D eigenvalue weighted by Gasteiger charge is 2.16. The van der Waals surface area contributed by atoms with E-state index in [1.54, 1.807) is 6.33 Å². The minimum absolute atomic E-state index is 0.188. The average molecular weight is 385 g/mol. The second kappa shape index (κ2) is 10.5. The van der Waals surface area contributed by atoms with Crippen LogP contribution in [-0.4, -0.2) is 51.1 Å². The molecule has 1 saturated heterocycles. The normalized spacial score (nSPS) is 15.8. The summed E-state index contributed by atoms with van der Waals surface area (Å²) in [5, 5.41) is 8.88. The molecule has 0 bridgehead atoms. The lowest BCUT2D eigenvalue weighted by atomic mass is 10.0. The first-order chi connectivity index (χ1) is 13.6. The summed E-state index contributed by atoms with van der Waals surface area (Å²) >= 11 is 0. The van der Waals surface area contributed by atoms with Crippen LogP contribution in [0.4, 0.5) is 0 Å². The van der Waals surface area contributed by atoms with E-state index in [1.807, 2.05) is 22.9 Å². The molecule has 2 heterocycles. The Kier molecular flexibility index (Phi) is 7.77. The fraction of sp³-hybridized carbons (Fsp3) is 0.545. The van der Waals surface area contributed by atoms with Gasteiger partial charge >= 0.3 is 0 Å². The van der Waals surface area contributed by atoms with Crippen LogP contribution in [0.2, 0.25) is 0 Å². The van der Waals surface area contributed by atoms with E-state index in [0.717, 1.165) is 69.5 Å². The van der Waals surface area contributed by atoms with Crippen molar-refractivity contribution in [3.8, 4) is 0 Å². The van der Waals surface area contributed by atoms with Crippen molar-refractivity contribution in [1.82, 2.24) is 14.5 Å². The molecule has 0 spiro atoms. The average Bonchev–Trinajstić information content (AvgIpc) is 3.16. The summed E-state index contributed by atoms with van der Waals surface area (Å²) in [4.78, 5) is 19.2. The Balaban J connectivity index is 1.41. The molecule has 152 valence electrons. The van der Waals surface area contributed by atoms with Crippen molar-refractivity contribution in [2.24, 2.45) is 5.73 Å². The first-order valence-corrected chi connectivity index (χ1v) is 10.4. The molecule has 1 aromatic carbocycles. The molecule has 3 rings (SSSR count). The zero-order valence-corrected chi connectivity index (χ0v) is 16.6. The van der Waals surface area contributed by atoms with E-state index >= 15 is 0 Å². The van der Waals surface area contributed by atoms with Crippen molar-refractivity contribution in [3.63, 3.8) is 0 Å². The van der Waals surface area contributed by atoms with Crippen LogP contribution in [0.1, 0.15) is 53.7 Å². The lowest BCUT2D eigenvalue weighted by Crippen LogP contribution is -2.39. The predicted molar refractivity (Wildman–Crippen MR) is 110 cm³/mol. The lowest BCUT2D eigenvalue weighted by molar-refractivity contribution is 0.0980. The number of nitrogens with two attached hydrogens (primary N) is 1. The Bertz CT molecular complexity index is 733. The minimum Gasteiger partial charge on any atom is -0.396 e. The summed E-state index contributed by atoms with van der Waals surface area (Å²) in [6.45, 7) is 4.00. The van der Waals surface area contributed by atoms with Crippen molar-refractivity contribution in [2.75, 3.05) is 19.7 Å². The molecule has 1 aliphatic rings. The van der Waals surface area contributed by atoms with Crippen LogP contribution < -0.4 is 5.73 Å².